The Kier molecular flexibility index (Phi) is 6.15. The van der Waals surface area contributed by atoms with E-state index in [1.165, 1.54) is 7.05 Å². The number of carbonyl (C=O) groups is 3. The predicted molar refractivity (Wildman–Crippen MR) is 125 cm³/mol. The SMILES string of the molecule is CN1C(=O)CC(NC(=O)c2cc3c(s2)CN(C2=NOC(c4cc(Cl)c(F)c(Cl)c4)(C(F)(F)F)C2)C3)C1=O. The Morgan fingerprint density at radius 3 is 2.46 bits per heavy atom. The minimum Gasteiger partial charge on any atom is -0.372 e. The third-order valence-corrected chi connectivity index (χ3v) is 8.20. The van der Waals surface area contributed by atoms with Crippen molar-refractivity contribution in [2.45, 2.75) is 43.8 Å². The lowest BCUT2D eigenvalue weighted by atomic mass is 9.89. The third-order valence-electron chi connectivity index (χ3n) is 6.49. The van der Waals surface area contributed by atoms with Crippen molar-refractivity contribution in [1.82, 2.24) is 15.1 Å². The second kappa shape index (κ2) is 8.84. The molecule has 2 atom stereocenters. The topological polar surface area (TPSA) is 91.3 Å². The molecule has 1 fully saturated rings. The summed E-state index contributed by atoms with van der Waals surface area (Å²) in [7, 11) is 1.34. The zero-order chi connectivity index (χ0) is 26.9. The molecule has 37 heavy (non-hydrogen) atoms. The summed E-state index contributed by atoms with van der Waals surface area (Å²) in [5.74, 6) is -2.43. The second-order valence-electron chi connectivity index (χ2n) is 8.79. The van der Waals surface area contributed by atoms with Crippen LogP contribution in [0.4, 0.5) is 17.6 Å². The lowest BCUT2D eigenvalue weighted by molar-refractivity contribution is -0.275. The van der Waals surface area contributed by atoms with E-state index < -0.39 is 57.5 Å². The van der Waals surface area contributed by atoms with Crippen molar-refractivity contribution in [3.63, 3.8) is 0 Å². The number of hydrogen-bond donors (Lipinski definition) is 1. The van der Waals surface area contributed by atoms with Gasteiger partial charge in [-0.2, -0.15) is 13.2 Å². The summed E-state index contributed by atoms with van der Waals surface area (Å²) in [6, 6.07) is 2.29. The molecule has 3 amide bonds. The smallest absolute Gasteiger partial charge is 0.372 e. The Balaban J connectivity index is 1.30. The minimum atomic E-state index is -4.92. The number of likely N-dealkylation sites (N-methyl/N-ethyl adjacent to an activating group) is 1. The van der Waals surface area contributed by atoms with Crippen LogP contribution >= 0.6 is 34.5 Å². The lowest BCUT2D eigenvalue weighted by Crippen LogP contribution is -2.44. The van der Waals surface area contributed by atoms with E-state index in [0.717, 1.165) is 33.2 Å². The fourth-order valence-electron chi connectivity index (χ4n) is 4.41. The molecule has 0 spiro atoms. The first kappa shape index (κ1) is 25.7. The van der Waals surface area contributed by atoms with Gasteiger partial charge in [0.05, 0.1) is 34.3 Å². The van der Waals surface area contributed by atoms with E-state index in [9.17, 15) is 31.9 Å². The summed E-state index contributed by atoms with van der Waals surface area (Å²) in [6.07, 6.45) is -5.74. The number of carbonyl (C=O) groups excluding carboxylic acids is 3. The van der Waals surface area contributed by atoms with E-state index in [1.54, 1.807) is 11.0 Å². The standard InChI is InChI=1S/C22H16Cl2F4N4O4S/c1-31-17(33)5-13(20(31)35)29-19(34)14-2-9-7-32(8-15(9)37-14)16-6-21(36-30-16,22(26,27)28)10-3-11(23)18(25)12(24)4-10/h2-4,13H,5-8H2,1H3,(H,29,34). The molecule has 0 bridgehead atoms. The molecule has 4 heterocycles. The van der Waals surface area contributed by atoms with Gasteiger partial charge in [0.2, 0.25) is 5.91 Å². The maximum absolute atomic E-state index is 14.2. The van der Waals surface area contributed by atoms with Crippen molar-refractivity contribution < 1.29 is 36.8 Å². The van der Waals surface area contributed by atoms with Gasteiger partial charge in [-0.3, -0.25) is 19.3 Å². The number of hydrogen-bond acceptors (Lipinski definition) is 7. The molecule has 1 aromatic heterocycles. The van der Waals surface area contributed by atoms with Crippen LogP contribution < -0.4 is 5.32 Å². The Morgan fingerprint density at radius 1 is 1.22 bits per heavy atom. The average molecular weight is 579 g/mol. The van der Waals surface area contributed by atoms with Gasteiger partial charge < -0.3 is 15.1 Å². The normalized spacial score (nSPS) is 23.4. The highest BCUT2D eigenvalue weighted by Gasteiger charge is 2.63. The molecule has 2 aromatic rings. The molecule has 1 saturated heterocycles. The number of amidine groups is 1. The first-order valence-electron chi connectivity index (χ1n) is 10.8. The molecule has 0 saturated carbocycles. The zero-order valence-electron chi connectivity index (χ0n) is 18.8. The maximum atomic E-state index is 14.2. The number of amides is 3. The van der Waals surface area contributed by atoms with Crippen LogP contribution in [0.2, 0.25) is 10.0 Å². The highest BCUT2D eigenvalue weighted by atomic mass is 35.5. The number of oxime groups is 1. The number of halogens is 6. The van der Waals surface area contributed by atoms with Crippen LogP contribution in [-0.4, -0.2) is 52.6 Å². The van der Waals surface area contributed by atoms with Gasteiger partial charge in [0.15, 0.2) is 5.82 Å². The minimum absolute atomic E-state index is 0.0152. The van der Waals surface area contributed by atoms with Crippen LogP contribution in [-0.2, 0) is 33.1 Å². The molecular weight excluding hydrogens is 563 g/mol. The van der Waals surface area contributed by atoms with Gasteiger partial charge in [0, 0.05) is 24.0 Å². The van der Waals surface area contributed by atoms with Crippen molar-refractivity contribution in [1.29, 1.82) is 0 Å². The van der Waals surface area contributed by atoms with E-state index in [4.69, 9.17) is 28.0 Å². The number of nitrogens with zero attached hydrogens (tertiary/aromatic N) is 3. The number of likely N-dealkylation sites (tertiary alicyclic amines) is 1. The van der Waals surface area contributed by atoms with Crippen LogP contribution in [0.15, 0.2) is 23.4 Å². The molecule has 1 N–H and O–H groups in total. The molecule has 15 heteroatoms. The Morgan fingerprint density at radius 2 is 1.89 bits per heavy atom. The zero-order valence-corrected chi connectivity index (χ0v) is 21.1. The van der Waals surface area contributed by atoms with Crippen molar-refractivity contribution in [3.05, 3.63) is 54.9 Å². The number of nitrogens with one attached hydrogen (secondary N) is 1. The Labute approximate surface area is 220 Å². The first-order valence-corrected chi connectivity index (χ1v) is 12.3. The van der Waals surface area contributed by atoms with Crippen LogP contribution in [0.5, 0.6) is 0 Å². The number of alkyl halides is 3. The van der Waals surface area contributed by atoms with Crippen molar-refractivity contribution in [2.75, 3.05) is 7.05 Å². The Bertz CT molecular complexity index is 1330. The molecule has 8 nitrogen and oxygen atoms in total. The van der Waals surface area contributed by atoms with Gasteiger partial charge >= 0.3 is 6.18 Å². The van der Waals surface area contributed by atoms with Crippen molar-refractivity contribution in [2.24, 2.45) is 5.16 Å². The molecular formula is C22H16Cl2F4N4O4S. The molecule has 2 unspecified atom stereocenters. The van der Waals surface area contributed by atoms with E-state index in [2.05, 4.69) is 10.5 Å². The van der Waals surface area contributed by atoms with E-state index in [0.29, 0.717) is 10.4 Å². The maximum Gasteiger partial charge on any atom is 0.435 e. The van der Waals surface area contributed by atoms with E-state index >= 15 is 0 Å². The summed E-state index contributed by atoms with van der Waals surface area (Å²) in [5.41, 5.74) is -2.67. The van der Waals surface area contributed by atoms with E-state index in [-0.39, 0.29) is 31.3 Å². The number of thiophene rings is 1. The number of fused-ring (bicyclic) bond motifs is 1. The van der Waals surface area contributed by atoms with Crippen LogP contribution in [0, 0.1) is 5.82 Å². The van der Waals surface area contributed by atoms with E-state index in [1.807, 2.05) is 0 Å². The molecule has 196 valence electrons. The molecule has 0 radical (unpaired) electrons. The second-order valence-corrected chi connectivity index (χ2v) is 10.7. The Hall–Kier alpha value is -2.90. The highest BCUT2D eigenvalue weighted by molar-refractivity contribution is 7.14. The highest BCUT2D eigenvalue weighted by Crippen LogP contribution is 2.50. The summed E-state index contributed by atoms with van der Waals surface area (Å²) in [5, 5.41) is 5.10. The summed E-state index contributed by atoms with van der Waals surface area (Å²) < 4.78 is 56.5. The summed E-state index contributed by atoms with van der Waals surface area (Å²) in [4.78, 5) is 44.9. The fraction of sp³-hybridized carbons (Fsp3) is 0.364. The number of imide groups is 1. The number of rotatable bonds is 3. The fourth-order valence-corrected chi connectivity index (χ4v) is 5.99. The van der Waals surface area contributed by atoms with Crippen molar-refractivity contribution >= 4 is 58.1 Å². The van der Waals surface area contributed by atoms with Crippen LogP contribution in [0.1, 0.15) is 38.5 Å². The monoisotopic (exact) mass is 578 g/mol. The van der Waals surface area contributed by atoms with Gasteiger partial charge in [0.25, 0.3) is 17.4 Å². The van der Waals surface area contributed by atoms with Crippen molar-refractivity contribution in [3.8, 4) is 0 Å². The molecule has 0 aliphatic carbocycles. The molecule has 3 aliphatic heterocycles. The quantitative estimate of drug-likeness (QED) is 0.335. The predicted octanol–water partition coefficient (Wildman–Crippen LogP) is 4.19. The van der Waals surface area contributed by atoms with Crippen LogP contribution in [0.3, 0.4) is 0 Å². The molecule has 1 aromatic carbocycles. The van der Waals surface area contributed by atoms with Gasteiger partial charge in [-0.25, -0.2) is 4.39 Å². The first-order chi connectivity index (χ1) is 17.3. The van der Waals surface area contributed by atoms with Crippen LogP contribution in [0.25, 0.3) is 0 Å². The molecule has 5 rings (SSSR count). The molecule has 3 aliphatic rings. The van der Waals surface area contributed by atoms with Gasteiger partial charge in [-0.15, -0.1) is 11.3 Å². The van der Waals surface area contributed by atoms with Gasteiger partial charge in [0.1, 0.15) is 11.9 Å². The third kappa shape index (κ3) is 4.22. The average Bonchev–Trinajstić information content (AvgIpc) is 3.57. The summed E-state index contributed by atoms with van der Waals surface area (Å²) in [6.45, 7) is 0.349. The van der Waals surface area contributed by atoms with Gasteiger partial charge in [-0.05, 0) is 23.8 Å². The lowest BCUT2D eigenvalue weighted by Gasteiger charge is -2.30. The number of benzene rings is 1. The van der Waals surface area contributed by atoms with Gasteiger partial charge in [-0.1, -0.05) is 28.4 Å². The largest absolute Gasteiger partial charge is 0.435 e. The summed E-state index contributed by atoms with van der Waals surface area (Å²) >= 11 is 12.6.